The number of nitrogens with zero attached hydrogens (tertiary/aromatic N) is 3. The average Bonchev–Trinajstić information content (AvgIpc) is 2.53. The molecule has 1 aliphatic heterocycles. The van der Waals surface area contributed by atoms with E-state index in [1.165, 1.54) is 0 Å². The first-order valence-electron chi connectivity index (χ1n) is 7.80. The van der Waals surface area contributed by atoms with E-state index in [2.05, 4.69) is 38.1 Å². The molecule has 1 fully saturated rings. The molecule has 6 nitrogen and oxygen atoms in total. The number of hydrogen-bond donors (Lipinski definition) is 2. The second kappa shape index (κ2) is 6.88. The molecule has 128 valence electrons. The number of anilines is 1. The van der Waals surface area contributed by atoms with Gasteiger partial charge in [-0.25, -0.2) is 19.2 Å². The number of likely N-dealkylation sites (tertiary alicyclic amines) is 1. The average molecular weight is 397 g/mol. The van der Waals surface area contributed by atoms with Crippen LogP contribution in [0.5, 0.6) is 0 Å². The molecule has 0 aliphatic carbocycles. The third-order valence-corrected chi connectivity index (χ3v) is 4.57. The Bertz CT molecular complexity index is 773. The number of hydrogen-bond acceptors (Lipinski definition) is 4. The number of piperidine rings is 1. The molecule has 2 heterocycles. The molecular weight excluding hydrogens is 379 g/mol. The van der Waals surface area contributed by atoms with Gasteiger partial charge in [-0.1, -0.05) is 22.9 Å². The Balaban J connectivity index is 1.84. The van der Waals surface area contributed by atoms with Gasteiger partial charge in [0, 0.05) is 35.1 Å². The maximum Gasteiger partial charge on any atom is 0.407 e. The van der Waals surface area contributed by atoms with Crippen LogP contribution in [0, 0.1) is 0 Å². The van der Waals surface area contributed by atoms with Gasteiger partial charge in [0.05, 0.1) is 12.1 Å². The number of rotatable bonds is 3. The quantitative estimate of drug-likeness (QED) is 0.830. The minimum atomic E-state index is -1.19. The van der Waals surface area contributed by atoms with Crippen LogP contribution in [0.25, 0.3) is 10.9 Å². The summed E-state index contributed by atoms with van der Waals surface area (Å²) >= 11 is 3.47. The van der Waals surface area contributed by atoms with Crippen molar-refractivity contribution in [1.82, 2.24) is 14.9 Å². The number of halogens is 2. The lowest BCUT2D eigenvalue weighted by Crippen LogP contribution is -2.49. The molecule has 1 amide bonds. The Morgan fingerprint density at radius 2 is 2.29 bits per heavy atom. The van der Waals surface area contributed by atoms with E-state index in [1.807, 2.05) is 12.1 Å². The van der Waals surface area contributed by atoms with E-state index in [1.54, 1.807) is 6.20 Å². The normalized spacial score (nSPS) is 21.0. The molecule has 0 saturated carbocycles. The van der Waals surface area contributed by atoms with Crippen LogP contribution in [0.1, 0.15) is 18.9 Å². The summed E-state index contributed by atoms with van der Waals surface area (Å²) in [6.45, 7) is 2.19. The molecule has 0 spiro atoms. The van der Waals surface area contributed by atoms with Crippen LogP contribution in [-0.2, 0) is 6.42 Å². The summed E-state index contributed by atoms with van der Waals surface area (Å²) in [7, 11) is 0. The first-order chi connectivity index (χ1) is 11.5. The van der Waals surface area contributed by atoms with Crippen molar-refractivity contribution in [2.45, 2.75) is 32.0 Å². The van der Waals surface area contributed by atoms with E-state index < -0.39 is 12.3 Å². The third-order valence-electron chi connectivity index (χ3n) is 4.11. The zero-order valence-corrected chi connectivity index (χ0v) is 14.8. The molecule has 0 radical (unpaired) electrons. The summed E-state index contributed by atoms with van der Waals surface area (Å²) in [5.41, 5.74) is 1.94. The molecule has 2 unspecified atom stereocenters. The second-order valence-electron chi connectivity index (χ2n) is 5.91. The van der Waals surface area contributed by atoms with E-state index in [4.69, 9.17) is 5.11 Å². The van der Waals surface area contributed by atoms with Gasteiger partial charge < -0.3 is 15.3 Å². The van der Waals surface area contributed by atoms with Crippen molar-refractivity contribution in [2.75, 3.05) is 18.4 Å². The highest BCUT2D eigenvalue weighted by atomic mass is 79.9. The highest BCUT2D eigenvalue weighted by Gasteiger charge is 2.30. The van der Waals surface area contributed by atoms with Crippen LogP contribution < -0.4 is 5.32 Å². The molecule has 2 atom stereocenters. The number of benzene rings is 1. The predicted molar refractivity (Wildman–Crippen MR) is 93.1 cm³/mol. The van der Waals surface area contributed by atoms with E-state index in [-0.39, 0.29) is 25.6 Å². The molecule has 3 rings (SSSR count). The van der Waals surface area contributed by atoms with Gasteiger partial charge in [0.1, 0.15) is 6.17 Å². The van der Waals surface area contributed by atoms with Crippen molar-refractivity contribution in [1.29, 1.82) is 0 Å². The zero-order valence-electron chi connectivity index (χ0n) is 13.2. The van der Waals surface area contributed by atoms with Crippen molar-refractivity contribution >= 4 is 38.9 Å². The Hall–Kier alpha value is -1.96. The van der Waals surface area contributed by atoms with Gasteiger partial charge >= 0.3 is 6.09 Å². The van der Waals surface area contributed by atoms with E-state index in [0.29, 0.717) is 5.95 Å². The molecule has 1 saturated heterocycles. The number of carboxylic acid groups (broad SMARTS) is 1. The van der Waals surface area contributed by atoms with Crippen LogP contribution in [0.15, 0.2) is 22.8 Å². The molecule has 8 heteroatoms. The topological polar surface area (TPSA) is 78.4 Å². The molecule has 1 aromatic carbocycles. The van der Waals surface area contributed by atoms with Gasteiger partial charge in [-0.15, -0.1) is 0 Å². The number of amides is 1. The van der Waals surface area contributed by atoms with Gasteiger partial charge in [0.25, 0.3) is 0 Å². The van der Waals surface area contributed by atoms with E-state index in [9.17, 15) is 9.18 Å². The molecule has 1 aliphatic rings. The number of aryl methyl sites for hydroxylation is 1. The lowest BCUT2D eigenvalue weighted by atomic mass is 10.0. The first kappa shape index (κ1) is 16.9. The number of aromatic nitrogens is 2. The Kier molecular flexibility index (Phi) is 4.84. The van der Waals surface area contributed by atoms with Crippen LogP contribution in [0.2, 0.25) is 0 Å². The minimum Gasteiger partial charge on any atom is -0.465 e. The fourth-order valence-electron chi connectivity index (χ4n) is 3.00. The Morgan fingerprint density at radius 1 is 1.50 bits per heavy atom. The van der Waals surface area contributed by atoms with Crippen molar-refractivity contribution in [3.05, 3.63) is 28.4 Å². The standard InChI is InChI=1S/C16H18BrFN4O2/c1-2-9-3-11(17)4-10-6-19-15(21-14(9)10)20-13-5-12(18)7-22(8-13)16(23)24/h3-4,6,12-13H,2,5,7-8H2,1H3,(H,23,24)(H,19,20,21). The van der Waals surface area contributed by atoms with Gasteiger partial charge in [-0.05, 0) is 24.1 Å². The van der Waals surface area contributed by atoms with Gasteiger partial charge in [-0.2, -0.15) is 0 Å². The fourth-order valence-corrected chi connectivity index (χ4v) is 3.52. The highest BCUT2D eigenvalue weighted by molar-refractivity contribution is 9.10. The maximum absolute atomic E-state index is 13.8. The predicted octanol–water partition coefficient (Wildman–Crippen LogP) is 3.46. The van der Waals surface area contributed by atoms with Gasteiger partial charge in [0.15, 0.2) is 0 Å². The Morgan fingerprint density at radius 3 is 3.00 bits per heavy atom. The number of nitrogens with one attached hydrogen (secondary N) is 1. The summed E-state index contributed by atoms with van der Waals surface area (Å²) in [4.78, 5) is 21.0. The third kappa shape index (κ3) is 3.58. The van der Waals surface area contributed by atoms with Gasteiger partial charge in [-0.3, -0.25) is 0 Å². The lowest BCUT2D eigenvalue weighted by molar-refractivity contribution is 0.102. The highest BCUT2D eigenvalue weighted by Crippen LogP contribution is 2.24. The van der Waals surface area contributed by atoms with Crippen molar-refractivity contribution < 1.29 is 14.3 Å². The SMILES string of the molecule is CCc1cc(Br)cc2cnc(NC3CC(F)CN(C(=O)O)C3)nc12. The van der Waals surface area contributed by atoms with Crippen molar-refractivity contribution in [3.63, 3.8) is 0 Å². The maximum atomic E-state index is 13.8. The molecular formula is C16H18BrFN4O2. The Labute approximate surface area is 147 Å². The lowest BCUT2D eigenvalue weighted by Gasteiger charge is -2.33. The van der Waals surface area contributed by atoms with E-state index in [0.717, 1.165) is 32.3 Å². The number of alkyl halides is 1. The number of fused-ring (bicyclic) bond motifs is 1. The zero-order chi connectivity index (χ0) is 17.3. The summed E-state index contributed by atoms with van der Waals surface area (Å²) < 4.78 is 14.7. The summed E-state index contributed by atoms with van der Waals surface area (Å²) in [6, 6.07) is 3.62. The van der Waals surface area contributed by atoms with Crippen LogP contribution in [0.4, 0.5) is 15.1 Å². The fraction of sp³-hybridized carbons (Fsp3) is 0.438. The largest absolute Gasteiger partial charge is 0.465 e. The van der Waals surface area contributed by atoms with Crippen LogP contribution >= 0.6 is 15.9 Å². The van der Waals surface area contributed by atoms with E-state index >= 15 is 0 Å². The molecule has 0 bridgehead atoms. The second-order valence-corrected chi connectivity index (χ2v) is 6.83. The summed E-state index contributed by atoms with van der Waals surface area (Å²) in [5.74, 6) is 0.393. The van der Waals surface area contributed by atoms with Crippen LogP contribution in [-0.4, -0.2) is 51.4 Å². The summed E-state index contributed by atoms with van der Waals surface area (Å²) in [5, 5.41) is 13.1. The molecule has 24 heavy (non-hydrogen) atoms. The minimum absolute atomic E-state index is 0.0832. The first-order valence-corrected chi connectivity index (χ1v) is 8.59. The monoisotopic (exact) mass is 396 g/mol. The smallest absolute Gasteiger partial charge is 0.407 e. The molecule has 1 aromatic heterocycles. The number of carbonyl (C=O) groups is 1. The molecule has 2 aromatic rings. The van der Waals surface area contributed by atoms with Crippen molar-refractivity contribution in [3.8, 4) is 0 Å². The molecule has 2 N–H and O–H groups in total. The van der Waals surface area contributed by atoms with Crippen molar-refractivity contribution in [2.24, 2.45) is 0 Å². The summed E-state index contributed by atoms with van der Waals surface area (Å²) in [6.07, 6.45) is 0.498. The van der Waals surface area contributed by atoms with Crippen LogP contribution in [0.3, 0.4) is 0 Å². The van der Waals surface area contributed by atoms with Gasteiger partial charge in [0.2, 0.25) is 5.95 Å².